The summed E-state index contributed by atoms with van der Waals surface area (Å²) in [6.07, 6.45) is 4.42. The van der Waals surface area contributed by atoms with Gasteiger partial charge in [-0.25, -0.2) is 4.57 Å². The Morgan fingerprint density at radius 2 is 1.45 bits per heavy atom. The van der Waals surface area contributed by atoms with E-state index >= 15 is 0 Å². The molecule has 0 aliphatic rings. The van der Waals surface area contributed by atoms with E-state index < -0.39 is 8.07 Å². The Morgan fingerprint density at radius 3 is 1.93 bits per heavy atom. The van der Waals surface area contributed by atoms with Gasteiger partial charge in [-0.2, -0.15) is 4.57 Å². The zero-order chi connectivity index (χ0) is 21.5. The van der Waals surface area contributed by atoms with Crippen LogP contribution in [0, 0.1) is 6.92 Å². The van der Waals surface area contributed by atoms with Gasteiger partial charge < -0.3 is 0 Å². The molecule has 3 heteroatoms. The molecule has 2 nitrogen and oxygen atoms in total. The number of benzene rings is 2. The molecule has 1 heterocycles. The molecule has 0 fully saturated rings. The van der Waals surface area contributed by atoms with Gasteiger partial charge in [-0.1, -0.05) is 82.9 Å². The first-order valence-corrected chi connectivity index (χ1v) is 14.3. The van der Waals surface area contributed by atoms with Gasteiger partial charge in [0.1, 0.15) is 18.1 Å². The fourth-order valence-corrected chi connectivity index (χ4v) is 5.25. The largest absolute Gasteiger partial charge is 0.294 e. The highest BCUT2D eigenvalue weighted by Crippen LogP contribution is 2.34. The predicted octanol–water partition coefficient (Wildman–Crippen LogP) is 6.07. The fraction of sp³-hybridized carbons (Fsp3) is 0.423. The third-order valence-corrected chi connectivity index (χ3v) is 7.93. The first-order chi connectivity index (χ1) is 13.5. The lowest BCUT2D eigenvalue weighted by Gasteiger charge is -2.24. The van der Waals surface area contributed by atoms with Gasteiger partial charge in [-0.05, 0) is 30.4 Å². The maximum Gasteiger partial charge on any atom is 0.294 e. The van der Waals surface area contributed by atoms with Crippen LogP contribution in [0.2, 0.25) is 19.6 Å². The van der Waals surface area contributed by atoms with Crippen LogP contribution in [0.5, 0.6) is 0 Å². The summed E-state index contributed by atoms with van der Waals surface area (Å²) in [4.78, 5) is 0. The Bertz CT molecular complexity index is 990. The molecule has 0 aliphatic carbocycles. The quantitative estimate of drug-likeness (QED) is 0.360. The molecule has 29 heavy (non-hydrogen) atoms. The van der Waals surface area contributed by atoms with Crippen LogP contribution >= 0.6 is 0 Å². The second-order valence-corrected chi connectivity index (χ2v) is 15.1. The van der Waals surface area contributed by atoms with E-state index in [1.165, 1.54) is 33.8 Å². The summed E-state index contributed by atoms with van der Waals surface area (Å²) in [5.74, 6) is 2.18. The van der Waals surface area contributed by atoms with Crippen molar-refractivity contribution in [1.29, 1.82) is 0 Å². The minimum absolute atomic E-state index is 0.469. The number of hydrogen-bond donors (Lipinski definition) is 0. The van der Waals surface area contributed by atoms with Crippen molar-refractivity contribution in [2.45, 2.75) is 66.1 Å². The van der Waals surface area contributed by atoms with Crippen LogP contribution in [0.3, 0.4) is 0 Å². The van der Waals surface area contributed by atoms with Crippen molar-refractivity contribution in [3.05, 3.63) is 65.5 Å². The second-order valence-electron chi connectivity index (χ2n) is 9.98. The Labute approximate surface area is 178 Å². The highest BCUT2D eigenvalue weighted by atomic mass is 28.3. The van der Waals surface area contributed by atoms with Crippen LogP contribution in [-0.4, -0.2) is 12.6 Å². The van der Waals surface area contributed by atoms with Gasteiger partial charge >= 0.3 is 0 Å². The van der Waals surface area contributed by atoms with Gasteiger partial charge in [-0.15, -0.1) is 0 Å². The molecule has 0 amide bonds. The Hall–Kier alpha value is -2.13. The first-order valence-electron chi connectivity index (χ1n) is 10.8. The summed E-state index contributed by atoms with van der Waals surface area (Å²) < 4.78 is 4.68. The molecule has 0 spiro atoms. The van der Waals surface area contributed by atoms with Crippen molar-refractivity contribution in [1.82, 2.24) is 4.57 Å². The zero-order valence-electron chi connectivity index (χ0n) is 19.7. The van der Waals surface area contributed by atoms with Gasteiger partial charge in [0.05, 0.1) is 20.7 Å². The van der Waals surface area contributed by atoms with E-state index in [0.717, 1.165) is 0 Å². The van der Waals surface area contributed by atoms with E-state index in [0.29, 0.717) is 11.8 Å². The fourth-order valence-electron chi connectivity index (χ4n) is 4.07. The van der Waals surface area contributed by atoms with Gasteiger partial charge in [0, 0.05) is 11.1 Å². The zero-order valence-corrected chi connectivity index (χ0v) is 20.7. The van der Waals surface area contributed by atoms with Crippen LogP contribution in [0.15, 0.2) is 48.8 Å². The number of aromatic nitrogens is 2. The van der Waals surface area contributed by atoms with E-state index in [-0.39, 0.29) is 0 Å². The lowest BCUT2D eigenvalue weighted by atomic mass is 9.92. The number of imidazole rings is 1. The van der Waals surface area contributed by atoms with Crippen LogP contribution < -0.4 is 9.75 Å². The molecule has 2 aromatic carbocycles. The second kappa shape index (κ2) is 7.95. The molecular formula is C26H37N2Si+. The molecule has 1 aromatic heterocycles. The maximum absolute atomic E-state index is 2.50. The average molecular weight is 406 g/mol. The minimum Gasteiger partial charge on any atom is -0.232 e. The van der Waals surface area contributed by atoms with Crippen molar-refractivity contribution in [2.75, 3.05) is 0 Å². The molecule has 3 rings (SSSR count). The van der Waals surface area contributed by atoms with Crippen molar-refractivity contribution in [2.24, 2.45) is 7.05 Å². The molecule has 3 aromatic rings. The number of nitrogens with zero attached hydrogens (tertiary/aromatic N) is 2. The molecular weight excluding hydrogens is 368 g/mol. The van der Waals surface area contributed by atoms with Crippen LogP contribution in [0.1, 0.15) is 56.2 Å². The molecule has 0 N–H and O–H groups in total. The smallest absolute Gasteiger partial charge is 0.232 e. The molecule has 0 aliphatic heterocycles. The minimum atomic E-state index is -1.41. The first kappa shape index (κ1) is 21.6. The van der Waals surface area contributed by atoms with E-state index in [4.69, 9.17) is 0 Å². The van der Waals surface area contributed by atoms with Gasteiger partial charge in [0.2, 0.25) is 0 Å². The number of hydrogen-bond acceptors (Lipinski definition) is 0. The Morgan fingerprint density at radius 1 is 0.897 bits per heavy atom. The third-order valence-electron chi connectivity index (χ3n) is 5.91. The summed E-state index contributed by atoms with van der Waals surface area (Å²) in [5, 5.41) is 1.56. The van der Waals surface area contributed by atoms with Crippen LogP contribution in [0.4, 0.5) is 0 Å². The Kier molecular flexibility index (Phi) is 5.91. The van der Waals surface area contributed by atoms with Gasteiger partial charge in [-0.3, -0.25) is 0 Å². The average Bonchev–Trinajstić information content (AvgIpc) is 3.01. The molecule has 0 bridgehead atoms. The highest BCUT2D eigenvalue weighted by molar-refractivity contribution is 6.88. The molecule has 0 unspecified atom stereocenters. The van der Waals surface area contributed by atoms with E-state index in [1.54, 1.807) is 5.19 Å². The van der Waals surface area contributed by atoms with Crippen molar-refractivity contribution in [3.8, 4) is 17.1 Å². The molecule has 0 radical (unpaired) electrons. The lowest BCUT2D eigenvalue weighted by Crippen LogP contribution is -2.38. The van der Waals surface area contributed by atoms with Crippen LogP contribution in [-0.2, 0) is 7.05 Å². The standard InChI is InChI=1S/C26H37N2Si/c1-18(2)23-16-21(29(7,8)9)17-24(19(3)4)25(23)28-15-14-27(6)26(28)22-13-11-10-12-20(22)5/h10-19H,1-9H3/q+1. The van der Waals surface area contributed by atoms with Crippen molar-refractivity contribution in [3.63, 3.8) is 0 Å². The SMILES string of the molecule is Cc1ccccc1-c1n(-c2c(C(C)C)cc([Si](C)(C)C)cc2C(C)C)cc[n+]1C. The normalized spacial score (nSPS) is 12.2. The van der Waals surface area contributed by atoms with E-state index in [1.807, 2.05) is 0 Å². The third kappa shape index (κ3) is 4.11. The summed E-state index contributed by atoms with van der Waals surface area (Å²) >= 11 is 0. The number of aryl methyl sites for hydroxylation is 2. The summed E-state index contributed by atoms with van der Waals surface area (Å²) in [7, 11) is 0.744. The molecule has 0 atom stereocenters. The molecule has 0 saturated heterocycles. The van der Waals surface area contributed by atoms with Gasteiger partial charge in [0.15, 0.2) is 0 Å². The topological polar surface area (TPSA) is 8.81 Å². The Balaban J connectivity index is 2.40. The predicted molar refractivity (Wildman–Crippen MR) is 128 cm³/mol. The summed E-state index contributed by atoms with van der Waals surface area (Å²) in [5.41, 5.74) is 6.88. The van der Waals surface area contributed by atoms with E-state index in [2.05, 4.69) is 119 Å². The maximum atomic E-state index is 2.50. The summed E-state index contributed by atoms with van der Waals surface area (Å²) in [6.45, 7) is 18.9. The highest BCUT2D eigenvalue weighted by Gasteiger charge is 2.29. The van der Waals surface area contributed by atoms with Crippen LogP contribution in [0.25, 0.3) is 17.1 Å². The molecule has 0 saturated carbocycles. The number of rotatable bonds is 5. The van der Waals surface area contributed by atoms with Crippen molar-refractivity contribution >= 4 is 13.3 Å². The van der Waals surface area contributed by atoms with Gasteiger partial charge in [0.25, 0.3) is 5.82 Å². The van der Waals surface area contributed by atoms with E-state index in [9.17, 15) is 0 Å². The summed E-state index contributed by atoms with van der Waals surface area (Å²) in [6, 6.07) is 13.7. The lowest BCUT2D eigenvalue weighted by molar-refractivity contribution is -0.659. The molecule has 154 valence electrons. The van der Waals surface area contributed by atoms with Crippen molar-refractivity contribution < 1.29 is 4.57 Å². The monoisotopic (exact) mass is 405 g/mol.